The molecule has 1 fully saturated rings. The van der Waals surface area contributed by atoms with E-state index in [-0.39, 0.29) is 30.6 Å². The maximum absolute atomic E-state index is 12.4. The molecule has 1 unspecified atom stereocenters. The zero-order valence-corrected chi connectivity index (χ0v) is 15.4. The average molecular weight is 389 g/mol. The van der Waals surface area contributed by atoms with E-state index >= 15 is 0 Å². The van der Waals surface area contributed by atoms with Gasteiger partial charge in [0.25, 0.3) is 0 Å². The number of hydrogen-bond donors (Lipinski definition) is 3. The maximum atomic E-state index is 12.4. The van der Waals surface area contributed by atoms with Crippen LogP contribution in [0.4, 0.5) is 5.69 Å². The number of nitrogens with one attached hydrogen (secondary N) is 1. The number of rotatable bonds is 6. The van der Waals surface area contributed by atoms with Crippen LogP contribution >= 0.6 is 11.6 Å². The lowest BCUT2D eigenvalue weighted by molar-refractivity contribution is -0.126. The van der Waals surface area contributed by atoms with Gasteiger partial charge in [0.1, 0.15) is 5.75 Å². The molecule has 2 aromatic carbocycles. The van der Waals surface area contributed by atoms with E-state index in [1.54, 1.807) is 41.3 Å². The van der Waals surface area contributed by atoms with Crippen LogP contribution in [0.5, 0.6) is 5.75 Å². The van der Waals surface area contributed by atoms with E-state index in [2.05, 4.69) is 5.32 Å². The topological polar surface area (TPSA) is 89.9 Å². The van der Waals surface area contributed by atoms with Crippen LogP contribution in [0.25, 0.3) is 0 Å². The molecule has 0 aromatic heterocycles. The van der Waals surface area contributed by atoms with Gasteiger partial charge in [0.15, 0.2) is 0 Å². The van der Waals surface area contributed by atoms with Gasteiger partial charge in [-0.25, -0.2) is 0 Å². The number of amides is 2. The number of carbonyl (C=O) groups is 2. The average Bonchev–Trinajstić information content (AvgIpc) is 3.05. The van der Waals surface area contributed by atoms with Crippen LogP contribution in [-0.2, 0) is 22.6 Å². The van der Waals surface area contributed by atoms with Crippen molar-refractivity contribution < 1.29 is 19.8 Å². The Hall–Kier alpha value is -2.57. The number of para-hydroxylation sites is 1. The predicted octanol–water partition coefficient (Wildman–Crippen LogP) is 2.25. The number of carbonyl (C=O) groups excluding carboxylic acids is 2. The van der Waals surface area contributed by atoms with Crippen LogP contribution in [0.1, 0.15) is 17.5 Å². The summed E-state index contributed by atoms with van der Waals surface area (Å²) in [4.78, 5) is 26.3. The van der Waals surface area contributed by atoms with Crippen molar-refractivity contribution in [1.29, 1.82) is 0 Å². The first-order valence-corrected chi connectivity index (χ1v) is 9.11. The van der Waals surface area contributed by atoms with Crippen molar-refractivity contribution in [1.82, 2.24) is 5.32 Å². The molecule has 3 rings (SSSR count). The van der Waals surface area contributed by atoms with E-state index in [0.717, 1.165) is 5.56 Å². The first-order valence-electron chi connectivity index (χ1n) is 8.74. The van der Waals surface area contributed by atoms with E-state index in [9.17, 15) is 19.8 Å². The second-order valence-electron chi connectivity index (χ2n) is 6.52. The van der Waals surface area contributed by atoms with Gasteiger partial charge in [-0.3, -0.25) is 9.59 Å². The zero-order valence-electron chi connectivity index (χ0n) is 14.7. The minimum Gasteiger partial charge on any atom is -0.508 e. The first kappa shape index (κ1) is 19.2. The molecule has 3 N–H and O–H groups in total. The number of aliphatic hydroxyl groups is 1. The molecule has 7 heteroatoms. The quantitative estimate of drug-likeness (QED) is 0.708. The molecule has 1 saturated heterocycles. The lowest BCUT2D eigenvalue weighted by Gasteiger charge is -2.18. The highest BCUT2D eigenvalue weighted by Gasteiger charge is 2.35. The molecule has 0 radical (unpaired) electrons. The predicted molar refractivity (Wildman–Crippen MR) is 103 cm³/mol. The summed E-state index contributed by atoms with van der Waals surface area (Å²) in [6.45, 7) is 0.474. The van der Waals surface area contributed by atoms with Gasteiger partial charge in [0, 0.05) is 25.1 Å². The Labute approximate surface area is 162 Å². The molecular weight excluding hydrogens is 368 g/mol. The number of anilines is 1. The summed E-state index contributed by atoms with van der Waals surface area (Å²) in [6, 6.07) is 12.1. The van der Waals surface area contributed by atoms with Gasteiger partial charge in [-0.1, -0.05) is 29.8 Å². The summed E-state index contributed by atoms with van der Waals surface area (Å²) < 4.78 is 0. The van der Waals surface area contributed by atoms with Crippen LogP contribution in [0, 0.1) is 5.92 Å². The second kappa shape index (κ2) is 8.41. The van der Waals surface area contributed by atoms with Crippen molar-refractivity contribution in [3.8, 4) is 5.75 Å². The van der Waals surface area contributed by atoms with Gasteiger partial charge in [-0.2, -0.15) is 0 Å². The molecule has 0 saturated carbocycles. The van der Waals surface area contributed by atoms with Crippen LogP contribution in [0.2, 0.25) is 5.02 Å². The fourth-order valence-corrected chi connectivity index (χ4v) is 3.42. The number of aliphatic hydroxyl groups excluding tert-OH is 1. The van der Waals surface area contributed by atoms with Crippen molar-refractivity contribution in [3.63, 3.8) is 0 Å². The Morgan fingerprint density at radius 1 is 1.26 bits per heavy atom. The Kier molecular flexibility index (Phi) is 5.98. The van der Waals surface area contributed by atoms with Gasteiger partial charge in [-0.05, 0) is 36.2 Å². The minimum absolute atomic E-state index is 0.0504. The Bertz CT molecular complexity index is 856. The molecule has 142 valence electrons. The highest BCUT2D eigenvalue weighted by atomic mass is 35.5. The molecular formula is C20H21ClN2O4. The Balaban J connectivity index is 1.55. The zero-order chi connectivity index (χ0) is 19.4. The van der Waals surface area contributed by atoms with E-state index in [0.29, 0.717) is 35.8 Å². The largest absolute Gasteiger partial charge is 0.508 e. The van der Waals surface area contributed by atoms with Gasteiger partial charge >= 0.3 is 0 Å². The number of benzene rings is 2. The van der Waals surface area contributed by atoms with Crippen LogP contribution in [0.15, 0.2) is 42.5 Å². The standard InChI is InChI=1S/C20H21ClN2O4/c21-16-3-1-2-4-17(16)23-11-14(10-19(23)26)20(27)22-8-7-13-5-6-18(25)15(9-13)12-24/h1-6,9,14,24-25H,7-8,10-12H2,(H,22,27). The maximum Gasteiger partial charge on any atom is 0.227 e. The number of hydrogen-bond acceptors (Lipinski definition) is 4. The van der Waals surface area contributed by atoms with Crippen LogP contribution < -0.4 is 10.2 Å². The van der Waals surface area contributed by atoms with Gasteiger partial charge in [0.05, 0.1) is 23.2 Å². The summed E-state index contributed by atoms with van der Waals surface area (Å²) in [7, 11) is 0. The number of aromatic hydroxyl groups is 1. The molecule has 1 heterocycles. The van der Waals surface area contributed by atoms with Gasteiger partial charge in [0.2, 0.25) is 11.8 Å². The fraction of sp³-hybridized carbons (Fsp3) is 0.300. The van der Waals surface area contributed by atoms with E-state index in [4.69, 9.17) is 11.6 Å². The normalized spacial score (nSPS) is 16.6. The summed E-state index contributed by atoms with van der Waals surface area (Å²) in [6.07, 6.45) is 0.721. The third-order valence-electron chi connectivity index (χ3n) is 4.67. The van der Waals surface area contributed by atoms with Crippen molar-refractivity contribution in [2.45, 2.75) is 19.4 Å². The smallest absolute Gasteiger partial charge is 0.227 e. The summed E-state index contributed by atoms with van der Waals surface area (Å²) >= 11 is 6.15. The van der Waals surface area contributed by atoms with Gasteiger partial charge < -0.3 is 20.4 Å². The molecule has 27 heavy (non-hydrogen) atoms. The van der Waals surface area contributed by atoms with Crippen molar-refractivity contribution in [3.05, 3.63) is 58.6 Å². The number of nitrogens with zero attached hydrogens (tertiary/aromatic N) is 1. The van der Waals surface area contributed by atoms with Crippen LogP contribution in [0.3, 0.4) is 0 Å². The Morgan fingerprint density at radius 2 is 2.04 bits per heavy atom. The third-order valence-corrected chi connectivity index (χ3v) is 4.99. The molecule has 1 aliphatic rings. The van der Waals surface area contributed by atoms with E-state index < -0.39 is 5.92 Å². The molecule has 0 spiro atoms. The molecule has 2 aromatic rings. The highest BCUT2D eigenvalue weighted by molar-refractivity contribution is 6.33. The molecule has 0 aliphatic carbocycles. The monoisotopic (exact) mass is 388 g/mol. The minimum atomic E-state index is -0.415. The van der Waals surface area contributed by atoms with Crippen molar-refractivity contribution >= 4 is 29.1 Å². The SMILES string of the molecule is O=C(NCCc1ccc(O)c(CO)c1)C1CC(=O)N(c2ccccc2Cl)C1. The third kappa shape index (κ3) is 4.40. The van der Waals surface area contributed by atoms with E-state index in [1.165, 1.54) is 6.07 Å². The molecule has 1 aliphatic heterocycles. The van der Waals surface area contributed by atoms with Crippen LogP contribution in [-0.4, -0.2) is 35.1 Å². The lowest BCUT2D eigenvalue weighted by Crippen LogP contribution is -2.34. The Morgan fingerprint density at radius 3 is 2.78 bits per heavy atom. The number of halogens is 1. The highest BCUT2D eigenvalue weighted by Crippen LogP contribution is 2.31. The first-order chi connectivity index (χ1) is 13.0. The molecule has 2 amide bonds. The van der Waals surface area contributed by atoms with Gasteiger partial charge in [-0.15, -0.1) is 0 Å². The second-order valence-corrected chi connectivity index (χ2v) is 6.93. The van der Waals surface area contributed by atoms with E-state index in [1.807, 2.05) is 0 Å². The van der Waals surface area contributed by atoms with Crippen molar-refractivity contribution in [2.24, 2.45) is 5.92 Å². The molecule has 1 atom stereocenters. The summed E-state index contributed by atoms with van der Waals surface area (Å²) in [5.74, 6) is -0.649. The molecule has 6 nitrogen and oxygen atoms in total. The fourth-order valence-electron chi connectivity index (χ4n) is 3.18. The summed E-state index contributed by atoms with van der Waals surface area (Å²) in [5, 5.41) is 22.1. The van der Waals surface area contributed by atoms with Crippen molar-refractivity contribution in [2.75, 3.05) is 18.0 Å². The summed E-state index contributed by atoms with van der Waals surface area (Å²) in [5.41, 5.74) is 1.98. The number of phenols is 1. The lowest BCUT2D eigenvalue weighted by atomic mass is 10.1. The molecule has 0 bridgehead atoms.